The predicted molar refractivity (Wildman–Crippen MR) is 107 cm³/mol. The Morgan fingerprint density at radius 3 is 2.00 bits per heavy atom. The zero-order valence-electron chi connectivity index (χ0n) is 15.0. The SMILES string of the molecule is COc1ccc(S(=O)(=O)Nc2ccc(Nc3ccccc3)cc2)c(OC)c1. The van der Waals surface area contributed by atoms with Crippen molar-refractivity contribution in [3.8, 4) is 11.5 Å². The monoisotopic (exact) mass is 384 g/mol. The predicted octanol–water partition coefficient (Wildman–Crippen LogP) is 4.25. The lowest BCUT2D eigenvalue weighted by Crippen LogP contribution is -2.14. The van der Waals surface area contributed by atoms with Crippen molar-refractivity contribution < 1.29 is 17.9 Å². The highest BCUT2D eigenvalue weighted by atomic mass is 32.2. The Kier molecular flexibility index (Phi) is 5.52. The van der Waals surface area contributed by atoms with E-state index >= 15 is 0 Å². The first-order chi connectivity index (χ1) is 13.0. The summed E-state index contributed by atoms with van der Waals surface area (Å²) < 4.78 is 38.3. The molecule has 3 rings (SSSR count). The van der Waals surface area contributed by atoms with E-state index in [9.17, 15) is 8.42 Å². The van der Waals surface area contributed by atoms with Gasteiger partial charge in [0.05, 0.1) is 14.2 Å². The molecule has 0 unspecified atom stereocenters. The molecule has 0 spiro atoms. The number of para-hydroxylation sites is 1. The Labute approximate surface area is 158 Å². The van der Waals surface area contributed by atoms with Gasteiger partial charge in [-0.25, -0.2) is 8.42 Å². The highest BCUT2D eigenvalue weighted by Crippen LogP contribution is 2.30. The molecule has 0 heterocycles. The minimum absolute atomic E-state index is 0.0392. The molecule has 0 bridgehead atoms. The highest BCUT2D eigenvalue weighted by molar-refractivity contribution is 7.92. The molecule has 3 aromatic rings. The summed E-state index contributed by atoms with van der Waals surface area (Å²) in [4.78, 5) is 0.0392. The van der Waals surface area contributed by atoms with E-state index in [0.29, 0.717) is 11.4 Å². The van der Waals surface area contributed by atoms with Gasteiger partial charge in [-0.05, 0) is 48.5 Å². The summed E-state index contributed by atoms with van der Waals surface area (Å²) in [5, 5.41) is 3.25. The van der Waals surface area contributed by atoms with Gasteiger partial charge in [-0.2, -0.15) is 0 Å². The van der Waals surface area contributed by atoms with Crippen molar-refractivity contribution in [1.29, 1.82) is 0 Å². The van der Waals surface area contributed by atoms with Crippen LogP contribution in [0.3, 0.4) is 0 Å². The van der Waals surface area contributed by atoms with Gasteiger partial charge in [0.15, 0.2) is 0 Å². The third kappa shape index (κ3) is 4.51. The lowest BCUT2D eigenvalue weighted by Gasteiger charge is -2.13. The Hall–Kier alpha value is -3.19. The zero-order valence-corrected chi connectivity index (χ0v) is 15.8. The molecular weight excluding hydrogens is 364 g/mol. The van der Waals surface area contributed by atoms with E-state index in [-0.39, 0.29) is 10.6 Å². The van der Waals surface area contributed by atoms with Crippen molar-refractivity contribution in [3.63, 3.8) is 0 Å². The quantitative estimate of drug-likeness (QED) is 0.637. The highest BCUT2D eigenvalue weighted by Gasteiger charge is 2.20. The molecule has 7 heteroatoms. The number of methoxy groups -OCH3 is 2. The summed E-state index contributed by atoms with van der Waals surface area (Å²) in [5.41, 5.74) is 2.26. The molecule has 6 nitrogen and oxygen atoms in total. The van der Waals surface area contributed by atoms with Gasteiger partial charge < -0.3 is 14.8 Å². The largest absolute Gasteiger partial charge is 0.497 e. The van der Waals surface area contributed by atoms with Crippen LogP contribution in [0.25, 0.3) is 0 Å². The van der Waals surface area contributed by atoms with Gasteiger partial charge in [0, 0.05) is 23.1 Å². The number of rotatable bonds is 7. The van der Waals surface area contributed by atoms with Crippen LogP contribution in [0.2, 0.25) is 0 Å². The molecule has 0 amide bonds. The third-order valence-electron chi connectivity index (χ3n) is 3.86. The Morgan fingerprint density at radius 1 is 0.741 bits per heavy atom. The second kappa shape index (κ2) is 8.01. The first-order valence-corrected chi connectivity index (χ1v) is 9.67. The first kappa shape index (κ1) is 18.6. The van der Waals surface area contributed by atoms with E-state index in [2.05, 4.69) is 10.0 Å². The van der Waals surface area contributed by atoms with E-state index in [1.807, 2.05) is 30.3 Å². The lowest BCUT2D eigenvalue weighted by atomic mass is 10.2. The lowest BCUT2D eigenvalue weighted by molar-refractivity contribution is 0.386. The second-order valence-corrected chi connectivity index (χ2v) is 7.34. The van der Waals surface area contributed by atoms with Gasteiger partial charge in [-0.3, -0.25) is 4.72 Å². The fraction of sp³-hybridized carbons (Fsp3) is 0.100. The Morgan fingerprint density at radius 2 is 1.37 bits per heavy atom. The molecular formula is C20H20N2O4S. The number of hydrogen-bond acceptors (Lipinski definition) is 5. The van der Waals surface area contributed by atoms with Crippen LogP contribution in [-0.2, 0) is 10.0 Å². The molecule has 0 aromatic heterocycles. The zero-order chi connectivity index (χ0) is 19.3. The summed E-state index contributed by atoms with van der Waals surface area (Å²) in [5.74, 6) is 0.728. The van der Waals surface area contributed by atoms with Gasteiger partial charge in [0.2, 0.25) is 0 Å². The molecule has 27 heavy (non-hydrogen) atoms. The van der Waals surface area contributed by atoms with Crippen LogP contribution in [-0.4, -0.2) is 22.6 Å². The van der Waals surface area contributed by atoms with E-state index in [4.69, 9.17) is 9.47 Å². The molecule has 140 valence electrons. The third-order valence-corrected chi connectivity index (χ3v) is 5.28. The van der Waals surface area contributed by atoms with Crippen LogP contribution >= 0.6 is 0 Å². The summed E-state index contributed by atoms with van der Waals surface area (Å²) >= 11 is 0. The standard InChI is InChI=1S/C20H20N2O4S/c1-25-18-12-13-20(19(14-18)26-2)27(23,24)22-17-10-8-16(9-11-17)21-15-6-4-3-5-7-15/h3-14,21-22H,1-2H3. The van der Waals surface area contributed by atoms with E-state index in [1.54, 1.807) is 30.3 Å². The Balaban J connectivity index is 1.78. The molecule has 0 saturated heterocycles. The smallest absolute Gasteiger partial charge is 0.265 e. The van der Waals surface area contributed by atoms with E-state index < -0.39 is 10.0 Å². The molecule has 0 aliphatic rings. The number of hydrogen-bond donors (Lipinski definition) is 2. The van der Waals surface area contributed by atoms with E-state index in [0.717, 1.165) is 11.4 Å². The number of nitrogens with one attached hydrogen (secondary N) is 2. The average Bonchev–Trinajstić information content (AvgIpc) is 2.69. The van der Waals surface area contributed by atoms with Crippen molar-refractivity contribution in [3.05, 3.63) is 72.8 Å². The van der Waals surface area contributed by atoms with Crippen LogP contribution in [0.1, 0.15) is 0 Å². The van der Waals surface area contributed by atoms with Crippen molar-refractivity contribution >= 4 is 27.1 Å². The van der Waals surface area contributed by atoms with Crippen LogP contribution in [0.15, 0.2) is 77.7 Å². The normalized spacial score (nSPS) is 10.9. The number of anilines is 3. The number of ether oxygens (including phenoxy) is 2. The van der Waals surface area contributed by atoms with Gasteiger partial charge in [0.25, 0.3) is 10.0 Å². The molecule has 0 saturated carbocycles. The molecule has 0 atom stereocenters. The summed E-state index contributed by atoms with van der Waals surface area (Å²) in [6, 6.07) is 21.3. The fourth-order valence-electron chi connectivity index (χ4n) is 2.52. The minimum Gasteiger partial charge on any atom is -0.497 e. The first-order valence-electron chi connectivity index (χ1n) is 8.19. The van der Waals surface area contributed by atoms with Crippen LogP contribution in [0, 0.1) is 0 Å². The maximum absolute atomic E-state index is 12.7. The number of sulfonamides is 1. The molecule has 0 aliphatic carbocycles. The van der Waals surface area contributed by atoms with Crippen molar-refractivity contribution in [2.45, 2.75) is 4.90 Å². The number of benzene rings is 3. The van der Waals surface area contributed by atoms with Gasteiger partial charge >= 0.3 is 0 Å². The van der Waals surface area contributed by atoms with Crippen molar-refractivity contribution in [2.75, 3.05) is 24.3 Å². The minimum atomic E-state index is -3.80. The topological polar surface area (TPSA) is 76.7 Å². The molecule has 3 aromatic carbocycles. The second-order valence-electron chi connectivity index (χ2n) is 5.69. The van der Waals surface area contributed by atoms with Crippen LogP contribution in [0.5, 0.6) is 11.5 Å². The van der Waals surface area contributed by atoms with E-state index in [1.165, 1.54) is 26.4 Å². The molecule has 0 aliphatic heterocycles. The Bertz CT molecular complexity index is 1000. The molecule has 0 fully saturated rings. The average molecular weight is 384 g/mol. The summed E-state index contributed by atoms with van der Waals surface area (Å²) in [7, 11) is -0.883. The molecule has 2 N–H and O–H groups in total. The van der Waals surface area contributed by atoms with Crippen molar-refractivity contribution in [1.82, 2.24) is 0 Å². The molecule has 0 radical (unpaired) electrons. The summed E-state index contributed by atoms with van der Waals surface area (Å²) in [6.07, 6.45) is 0. The van der Waals surface area contributed by atoms with Gasteiger partial charge in [-0.15, -0.1) is 0 Å². The fourth-order valence-corrected chi connectivity index (χ4v) is 3.73. The van der Waals surface area contributed by atoms with Gasteiger partial charge in [-0.1, -0.05) is 18.2 Å². The maximum atomic E-state index is 12.7. The summed E-state index contributed by atoms with van der Waals surface area (Å²) in [6.45, 7) is 0. The van der Waals surface area contributed by atoms with Crippen molar-refractivity contribution in [2.24, 2.45) is 0 Å². The van der Waals surface area contributed by atoms with Crippen LogP contribution in [0.4, 0.5) is 17.1 Å². The van der Waals surface area contributed by atoms with Gasteiger partial charge in [0.1, 0.15) is 16.4 Å². The maximum Gasteiger partial charge on any atom is 0.265 e. The van der Waals surface area contributed by atoms with Crippen LogP contribution < -0.4 is 19.5 Å².